The van der Waals surface area contributed by atoms with Crippen LogP contribution in [0.5, 0.6) is 0 Å². The van der Waals surface area contributed by atoms with Crippen LogP contribution in [0.15, 0.2) is 24.3 Å². The lowest BCUT2D eigenvalue weighted by Crippen LogP contribution is -2.49. The molecule has 2 aromatic rings. The molecular formula is C24H34Cl2N6O3. The molecule has 0 saturated carbocycles. The van der Waals surface area contributed by atoms with Crippen LogP contribution in [0.1, 0.15) is 18.9 Å². The van der Waals surface area contributed by atoms with Gasteiger partial charge in [0.05, 0.1) is 13.2 Å². The fourth-order valence-corrected chi connectivity index (χ4v) is 4.27. The number of anilines is 3. The molecule has 1 amide bonds. The molecule has 1 fully saturated rings. The largest absolute Gasteiger partial charge is 0.383 e. The number of benzene rings is 1. The topological polar surface area (TPSA) is 83.1 Å². The smallest absolute Gasteiger partial charge is 0.229 e. The Balaban J connectivity index is 1.85. The lowest BCUT2D eigenvalue weighted by atomic mass is 10.2. The third-order valence-corrected chi connectivity index (χ3v) is 6.44. The predicted octanol–water partition coefficient (Wildman–Crippen LogP) is 3.55. The summed E-state index contributed by atoms with van der Waals surface area (Å²) < 4.78 is 10.6. The van der Waals surface area contributed by atoms with Gasteiger partial charge in [0.2, 0.25) is 11.9 Å². The highest BCUT2D eigenvalue weighted by molar-refractivity contribution is 6.35. The van der Waals surface area contributed by atoms with Crippen molar-refractivity contribution in [3.05, 3.63) is 39.9 Å². The van der Waals surface area contributed by atoms with Crippen LogP contribution < -0.4 is 15.1 Å². The summed E-state index contributed by atoms with van der Waals surface area (Å²) in [7, 11) is 3.36. The SMILES string of the molecule is CCC(=O)N1CCN(c2nc(NCc3ccc(Cl)cc3Cl)cc(N(CCOC)CCOC)n2)CC1. The van der Waals surface area contributed by atoms with Crippen molar-refractivity contribution in [2.24, 2.45) is 0 Å². The van der Waals surface area contributed by atoms with Crippen molar-refractivity contribution in [1.82, 2.24) is 14.9 Å². The quantitative estimate of drug-likeness (QED) is 0.451. The highest BCUT2D eigenvalue weighted by Gasteiger charge is 2.23. The molecule has 35 heavy (non-hydrogen) atoms. The van der Waals surface area contributed by atoms with E-state index >= 15 is 0 Å². The van der Waals surface area contributed by atoms with Crippen LogP contribution in [0.4, 0.5) is 17.6 Å². The van der Waals surface area contributed by atoms with Gasteiger partial charge in [0, 0.05) is 82.6 Å². The Morgan fingerprint density at radius 3 is 2.34 bits per heavy atom. The van der Waals surface area contributed by atoms with Crippen LogP contribution >= 0.6 is 23.2 Å². The third kappa shape index (κ3) is 7.83. The van der Waals surface area contributed by atoms with Crippen molar-refractivity contribution in [3.63, 3.8) is 0 Å². The summed E-state index contributed by atoms with van der Waals surface area (Å²) >= 11 is 12.4. The average Bonchev–Trinajstić information content (AvgIpc) is 2.87. The van der Waals surface area contributed by atoms with Gasteiger partial charge in [-0.15, -0.1) is 0 Å². The van der Waals surface area contributed by atoms with E-state index in [1.165, 1.54) is 0 Å². The van der Waals surface area contributed by atoms with E-state index in [-0.39, 0.29) is 5.91 Å². The lowest BCUT2D eigenvalue weighted by molar-refractivity contribution is -0.131. The van der Waals surface area contributed by atoms with Gasteiger partial charge >= 0.3 is 0 Å². The first-order chi connectivity index (χ1) is 16.9. The maximum absolute atomic E-state index is 12.1. The molecule has 1 N–H and O–H groups in total. The van der Waals surface area contributed by atoms with Crippen molar-refractivity contribution in [3.8, 4) is 0 Å². The maximum atomic E-state index is 12.1. The number of hydrogen-bond donors (Lipinski definition) is 1. The molecule has 1 aliphatic heterocycles. The summed E-state index contributed by atoms with van der Waals surface area (Å²) in [6.45, 7) is 7.48. The Bertz CT molecular complexity index is 964. The monoisotopic (exact) mass is 524 g/mol. The number of rotatable bonds is 12. The number of nitrogens with one attached hydrogen (secondary N) is 1. The van der Waals surface area contributed by atoms with E-state index < -0.39 is 0 Å². The van der Waals surface area contributed by atoms with Crippen LogP contribution in [0.2, 0.25) is 10.0 Å². The lowest BCUT2D eigenvalue weighted by Gasteiger charge is -2.35. The Morgan fingerprint density at radius 1 is 1.06 bits per heavy atom. The fourth-order valence-electron chi connectivity index (χ4n) is 3.79. The summed E-state index contributed by atoms with van der Waals surface area (Å²) in [5.41, 5.74) is 0.917. The molecular weight excluding hydrogens is 491 g/mol. The van der Waals surface area contributed by atoms with Gasteiger partial charge in [-0.1, -0.05) is 36.2 Å². The van der Waals surface area contributed by atoms with Gasteiger partial charge < -0.3 is 29.5 Å². The minimum atomic E-state index is 0.173. The van der Waals surface area contributed by atoms with E-state index in [9.17, 15) is 4.79 Å². The first-order valence-corrected chi connectivity index (χ1v) is 12.5. The van der Waals surface area contributed by atoms with Crippen LogP contribution in [0.3, 0.4) is 0 Å². The summed E-state index contributed by atoms with van der Waals surface area (Å²) in [6.07, 6.45) is 0.515. The molecule has 1 saturated heterocycles. The van der Waals surface area contributed by atoms with Crippen LogP contribution in [0, 0.1) is 0 Å². The van der Waals surface area contributed by atoms with Crippen LogP contribution in [0.25, 0.3) is 0 Å². The van der Waals surface area contributed by atoms with Gasteiger partial charge in [0.15, 0.2) is 0 Å². The van der Waals surface area contributed by atoms with Gasteiger partial charge in [-0.05, 0) is 17.7 Å². The molecule has 11 heteroatoms. The van der Waals surface area contributed by atoms with E-state index in [4.69, 9.17) is 42.6 Å². The minimum absolute atomic E-state index is 0.173. The summed E-state index contributed by atoms with van der Waals surface area (Å²) in [5, 5.41) is 4.58. The number of halogens is 2. The summed E-state index contributed by atoms with van der Waals surface area (Å²) in [5.74, 6) is 2.26. The number of ether oxygens (including phenoxy) is 2. The Kier molecular flexibility index (Phi) is 10.7. The molecule has 192 valence electrons. The van der Waals surface area contributed by atoms with Crippen molar-refractivity contribution in [2.75, 3.05) is 81.8 Å². The van der Waals surface area contributed by atoms with Crippen molar-refractivity contribution in [2.45, 2.75) is 19.9 Å². The highest BCUT2D eigenvalue weighted by atomic mass is 35.5. The van der Waals surface area contributed by atoms with Gasteiger partial charge in [-0.2, -0.15) is 9.97 Å². The van der Waals surface area contributed by atoms with Crippen molar-refractivity contribution in [1.29, 1.82) is 0 Å². The molecule has 1 aliphatic rings. The van der Waals surface area contributed by atoms with Crippen molar-refractivity contribution >= 4 is 46.7 Å². The van der Waals surface area contributed by atoms with E-state index in [0.29, 0.717) is 87.3 Å². The standard InChI is InChI=1S/C24H34Cl2N6O3/c1-4-23(33)31-7-9-32(10-8-31)24-28-21(27-17-18-5-6-19(25)15-20(18)26)16-22(29-24)30(11-13-34-2)12-14-35-3/h5-6,15-16H,4,7-14,17H2,1-3H3,(H,27,28,29). The van der Waals surface area contributed by atoms with Crippen LogP contribution in [-0.2, 0) is 20.8 Å². The van der Waals surface area contributed by atoms with Gasteiger partial charge in [0.1, 0.15) is 11.6 Å². The Labute approximate surface area is 217 Å². The summed E-state index contributed by atoms with van der Waals surface area (Å²) in [4.78, 5) is 27.9. The minimum Gasteiger partial charge on any atom is -0.383 e. The molecule has 0 unspecified atom stereocenters. The zero-order chi connectivity index (χ0) is 25.2. The number of carbonyl (C=O) groups is 1. The number of piperazine rings is 1. The highest BCUT2D eigenvalue weighted by Crippen LogP contribution is 2.25. The first kappa shape index (κ1) is 27.3. The average molecular weight is 525 g/mol. The second kappa shape index (κ2) is 13.7. The molecule has 0 bridgehead atoms. The number of carbonyl (C=O) groups excluding carboxylic acids is 1. The number of methoxy groups -OCH3 is 2. The van der Waals surface area contributed by atoms with E-state index in [2.05, 4.69) is 15.1 Å². The van der Waals surface area contributed by atoms with Gasteiger partial charge in [-0.25, -0.2) is 0 Å². The molecule has 0 atom stereocenters. The predicted molar refractivity (Wildman–Crippen MR) is 141 cm³/mol. The van der Waals surface area contributed by atoms with E-state index in [0.717, 1.165) is 11.4 Å². The second-order valence-electron chi connectivity index (χ2n) is 8.19. The van der Waals surface area contributed by atoms with E-state index in [1.807, 2.05) is 30.0 Å². The normalized spacial score (nSPS) is 13.7. The zero-order valence-corrected chi connectivity index (χ0v) is 22.1. The first-order valence-electron chi connectivity index (χ1n) is 11.8. The maximum Gasteiger partial charge on any atom is 0.229 e. The van der Waals surface area contributed by atoms with Gasteiger partial charge in [-0.3, -0.25) is 4.79 Å². The van der Waals surface area contributed by atoms with Crippen molar-refractivity contribution < 1.29 is 14.3 Å². The number of nitrogens with zero attached hydrogens (tertiary/aromatic N) is 5. The molecule has 1 aromatic heterocycles. The Hall–Kier alpha value is -2.33. The molecule has 0 aliphatic carbocycles. The van der Waals surface area contributed by atoms with Crippen LogP contribution in [-0.4, -0.2) is 87.5 Å². The number of amides is 1. The van der Waals surface area contributed by atoms with Gasteiger partial charge in [0.25, 0.3) is 0 Å². The molecule has 0 radical (unpaired) electrons. The molecule has 3 rings (SSSR count). The molecule has 9 nitrogen and oxygen atoms in total. The Morgan fingerprint density at radius 2 is 1.74 bits per heavy atom. The second-order valence-corrected chi connectivity index (χ2v) is 9.04. The number of aromatic nitrogens is 2. The third-order valence-electron chi connectivity index (χ3n) is 5.85. The molecule has 0 spiro atoms. The molecule has 1 aromatic carbocycles. The van der Waals surface area contributed by atoms with E-state index in [1.54, 1.807) is 20.3 Å². The fraction of sp³-hybridized carbons (Fsp3) is 0.542. The number of hydrogen-bond acceptors (Lipinski definition) is 8. The zero-order valence-electron chi connectivity index (χ0n) is 20.6. The summed E-state index contributed by atoms with van der Waals surface area (Å²) in [6, 6.07) is 7.37. The molecule has 2 heterocycles.